The molecule has 0 aliphatic carbocycles. The summed E-state index contributed by atoms with van der Waals surface area (Å²) in [5, 5.41) is 106. The lowest BCUT2D eigenvalue weighted by molar-refractivity contribution is -0.382. The van der Waals surface area contributed by atoms with Crippen molar-refractivity contribution >= 4 is 5.91 Å². The maximum absolute atomic E-state index is 12.2. The molecule has 4 heterocycles. The van der Waals surface area contributed by atoms with Gasteiger partial charge >= 0.3 is 0 Å². The minimum atomic E-state index is -1.82. The molecule has 4 fully saturated rings. The molecule has 4 rings (SSSR count). The number of amides is 1. The third kappa shape index (κ3) is 7.92. The number of nitrogens with one attached hydrogen (secondary N) is 1. The van der Waals surface area contributed by atoms with Crippen molar-refractivity contribution in [1.82, 2.24) is 5.32 Å². The zero-order chi connectivity index (χ0) is 33.3. The molecule has 0 aromatic rings. The van der Waals surface area contributed by atoms with E-state index in [0.29, 0.717) is 0 Å². The molecule has 262 valence electrons. The SMILES string of the molecule is CC(=O)N[C@@H]1[C@@H](O[C@@H]2O[C@H](CO)C[C@H](O)[C@H]2O[C@@H]2O[C@@H](C)[C@@H](O)[C@@H](O)[C@@H]2O)[C@H](O[C@@H]2O[C@@H](C)[C@@H](O)[C@@H](O)[C@@H]2O)[C@@H](CO)O[C@H]1O. The number of rotatable bonds is 9. The van der Waals surface area contributed by atoms with Crippen molar-refractivity contribution in [2.45, 2.75) is 144 Å². The van der Waals surface area contributed by atoms with E-state index >= 15 is 0 Å². The summed E-state index contributed by atoms with van der Waals surface area (Å²) in [5.74, 6) is -0.663. The second-order valence-corrected chi connectivity index (χ2v) is 11.8. The van der Waals surface area contributed by atoms with Crippen LogP contribution in [0.15, 0.2) is 0 Å². The molecule has 45 heavy (non-hydrogen) atoms. The quantitative estimate of drug-likeness (QED) is 0.110. The molecular weight excluding hydrogens is 614 g/mol. The van der Waals surface area contributed by atoms with Crippen LogP contribution in [0.2, 0.25) is 0 Å². The van der Waals surface area contributed by atoms with Gasteiger partial charge in [0.25, 0.3) is 0 Å². The van der Waals surface area contributed by atoms with Crippen LogP contribution in [-0.2, 0) is 38.0 Å². The molecule has 0 unspecified atom stereocenters. The second-order valence-electron chi connectivity index (χ2n) is 11.8. The first-order valence-electron chi connectivity index (χ1n) is 14.7. The lowest BCUT2D eigenvalue weighted by Crippen LogP contribution is -2.69. The number of hydrogen-bond acceptors (Lipinski definition) is 18. The van der Waals surface area contributed by atoms with Gasteiger partial charge in [-0.1, -0.05) is 0 Å². The van der Waals surface area contributed by atoms with E-state index < -0.39 is 136 Å². The first kappa shape index (κ1) is 36.6. The van der Waals surface area contributed by atoms with Crippen molar-refractivity contribution in [3.8, 4) is 0 Å². The molecule has 0 spiro atoms. The summed E-state index contributed by atoms with van der Waals surface area (Å²) < 4.78 is 40.2. The molecule has 1 amide bonds. The Balaban J connectivity index is 1.66. The minimum Gasteiger partial charge on any atom is -0.394 e. The van der Waals surface area contributed by atoms with Gasteiger partial charge < -0.3 is 89.5 Å². The zero-order valence-corrected chi connectivity index (χ0v) is 24.8. The maximum Gasteiger partial charge on any atom is 0.217 e. The molecule has 19 nitrogen and oxygen atoms in total. The summed E-state index contributed by atoms with van der Waals surface area (Å²) in [4.78, 5) is 12.2. The van der Waals surface area contributed by atoms with Crippen LogP contribution in [0.25, 0.3) is 0 Å². The Hall–Kier alpha value is -1.21. The largest absolute Gasteiger partial charge is 0.394 e. The number of carbonyl (C=O) groups is 1. The fourth-order valence-electron chi connectivity index (χ4n) is 5.79. The van der Waals surface area contributed by atoms with Crippen LogP contribution in [0.1, 0.15) is 27.2 Å². The molecule has 0 radical (unpaired) electrons. The molecule has 19 heteroatoms. The molecule has 11 N–H and O–H groups in total. The van der Waals surface area contributed by atoms with Crippen LogP contribution in [0, 0.1) is 0 Å². The van der Waals surface area contributed by atoms with Gasteiger partial charge in [0, 0.05) is 13.3 Å². The third-order valence-corrected chi connectivity index (χ3v) is 8.39. The number of aliphatic hydroxyl groups excluding tert-OH is 10. The number of ether oxygens (including phenoxy) is 7. The predicted molar refractivity (Wildman–Crippen MR) is 141 cm³/mol. The van der Waals surface area contributed by atoms with Crippen molar-refractivity contribution in [3.05, 3.63) is 0 Å². The number of aliphatic hydroxyl groups is 10. The molecule has 0 aromatic carbocycles. The topological polar surface area (TPSA) is 296 Å². The van der Waals surface area contributed by atoms with Gasteiger partial charge in [0.05, 0.1) is 37.6 Å². The lowest BCUT2D eigenvalue weighted by Gasteiger charge is -2.50. The maximum atomic E-state index is 12.2. The first-order chi connectivity index (χ1) is 21.2. The summed E-state index contributed by atoms with van der Waals surface area (Å²) in [6.07, 6.45) is -27.3. The molecule has 0 saturated carbocycles. The third-order valence-electron chi connectivity index (χ3n) is 8.39. The number of hydrogen-bond donors (Lipinski definition) is 11. The van der Waals surface area contributed by atoms with E-state index in [4.69, 9.17) is 33.2 Å². The van der Waals surface area contributed by atoms with Gasteiger partial charge in [0.15, 0.2) is 25.2 Å². The van der Waals surface area contributed by atoms with Crippen molar-refractivity contribution in [3.63, 3.8) is 0 Å². The Morgan fingerprint density at radius 1 is 0.667 bits per heavy atom. The lowest BCUT2D eigenvalue weighted by atomic mass is 9.94. The molecule has 0 bridgehead atoms. The van der Waals surface area contributed by atoms with Gasteiger partial charge in [0.1, 0.15) is 67.1 Å². The zero-order valence-electron chi connectivity index (χ0n) is 24.8. The van der Waals surface area contributed by atoms with Crippen molar-refractivity contribution in [1.29, 1.82) is 0 Å². The van der Waals surface area contributed by atoms with E-state index in [2.05, 4.69) is 5.32 Å². The standard InChI is InChI=1S/C26H45NO18/c1-7-14(32)16(34)18(36)24(39-7)43-20-11(31)4-10(5-28)41-26(20)45-22-13(27-9(3)30)23(38)42-12(6-29)21(22)44-25-19(37)17(35)15(33)8(2)40-25/h7-8,10-26,28-29,31-38H,4-6H2,1-3H3,(H,27,30)/t7-,8-,10-,11-,12+,13+,14+,15+,16+,17+,18-,19-,20+,21+,22+,23+,24-,25-,26-/m0/s1. The van der Waals surface area contributed by atoms with Crippen molar-refractivity contribution in [2.75, 3.05) is 13.2 Å². The van der Waals surface area contributed by atoms with Crippen molar-refractivity contribution < 1.29 is 89.0 Å². The first-order valence-corrected chi connectivity index (χ1v) is 14.7. The monoisotopic (exact) mass is 659 g/mol. The summed E-state index contributed by atoms with van der Waals surface area (Å²) in [6.45, 7) is 2.56. The van der Waals surface area contributed by atoms with E-state index in [1.807, 2.05) is 0 Å². The Morgan fingerprint density at radius 3 is 1.67 bits per heavy atom. The Kier molecular flexibility index (Phi) is 12.5. The summed E-state index contributed by atoms with van der Waals surface area (Å²) in [7, 11) is 0. The summed E-state index contributed by atoms with van der Waals surface area (Å²) >= 11 is 0. The van der Waals surface area contributed by atoms with Gasteiger partial charge in [-0.05, 0) is 13.8 Å². The average Bonchev–Trinajstić information content (AvgIpc) is 2.99. The molecule has 0 aromatic heterocycles. The van der Waals surface area contributed by atoms with E-state index in [9.17, 15) is 55.9 Å². The minimum absolute atomic E-state index is 0.185. The summed E-state index contributed by atoms with van der Waals surface area (Å²) in [5.41, 5.74) is 0. The summed E-state index contributed by atoms with van der Waals surface area (Å²) in [6, 6.07) is -1.46. The molecule has 4 saturated heterocycles. The normalized spacial score (nSPS) is 51.1. The van der Waals surface area contributed by atoms with Crippen LogP contribution in [-0.4, -0.2) is 187 Å². The fourth-order valence-corrected chi connectivity index (χ4v) is 5.79. The van der Waals surface area contributed by atoms with Gasteiger partial charge in [-0.25, -0.2) is 0 Å². The van der Waals surface area contributed by atoms with Crippen LogP contribution >= 0.6 is 0 Å². The molecule has 19 atom stereocenters. The van der Waals surface area contributed by atoms with Crippen LogP contribution in [0.3, 0.4) is 0 Å². The van der Waals surface area contributed by atoms with Crippen LogP contribution in [0.5, 0.6) is 0 Å². The van der Waals surface area contributed by atoms with Crippen LogP contribution in [0.4, 0.5) is 0 Å². The molecule has 4 aliphatic heterocycles. The highest BCUT2D eigenvalue weighted by Gasteiger charge is 2.54. The number of carbonyl (C=O) groups excluding carboxylic acids is 1. The second kappa shape index (κ2) is 15.3. The van der Waals surface area contributed by atoms with Gasteiger partial charge in [-0.3, -0.25) is 4.79 Å². The van der Waals surface area contributed by atoms with E-state index in [1.54, 1.807) is 0 Å². The van der Waals surface area contributed by atoms with Gasteiger partial charge in [0.2, 0.25) is 5.91 Å². The van der Waals surface area contributed by atoms with Crippen LogP contribution < -0.4 is 5.32 Å². The molecule has 4 aliphatic rings. The highest BCUT2D eigenvalue weighted by atomic mass is 16.8. The van der Waals surface area contributed by atoms with E-state index in [-0.39, 0.29) is 6.42 Å². The average molecular weight is 660 g/mol. The fraction of sp³-hybridized carbons (Fsp3) is 0.962. The highest BCUT2D eigenvalue weighted by Crippen LogP contribution is 2.35. The van der Waals surface area contributed by atoms with Gasteiger partial charge in [-0.15, -0.1) is 0 Å². The molecular formula is C26H45NO18. The Labute approximate surface area is 257 Å². The Morgan fingerprint density at radius 2 is 1.18 bits per heavy atom. The van der Waals surface area contributed by atoms with E-state index in [1.165, 1.54) is 13.8 Å². The predicted octanol–water partition coefficient (Wildman–Crippen LogP) is -6.52. The van der Waals surface area contributed by atoms with E-state index in [0.717, 1.165) is 6.92 Å². The van der Waals surface area contributed by atoms with Gasteiger partial charge in [-0.2, -0.15) is 0 Å². The highest BCUT2D eigenvalue weighted by molar-refractivity contribution is 5.73. The Bertz CT molecular complexity index is 965. The van der Waals surface area contributed by atoms with Crippen molar-refractivity contribution in [2.24, 2.45) is 0 Å². The smallest absolute Gasteiger partial charge is 0.217 e.